The van der Waals surface area contributed by atoms with E-state index in [0.717, 1.165) is 0 Å². The number of carbonyl (C=O) groups excluding carboxylic acids is 1. The largest absolute Gasteiger partial charge is 0.480 e. The van der Waals surface area contributed by atoms with Gasteiger partial charge < -0.3 is 16.2 Å². The number of rotatable bonds is 7. The monoisotopic (exact) mass is 256 g/mol. The van der Waals surface area contributed by atoms with Gasteiger partial charge in [-0.15, -0.1) is 0 Å². The molecule has 0 aromatic carbocycles. The molecule has 0 aliphatic heterocycles. The zero-order valence-electron chi connectivity index (χ0n) is 10.4. The van der Waals surface area contributed by atoms with E-state index in [0.29, 0.717) is 5.70 Å². The number of nitrogens with one attached hydrogen (secondary N) is 1. The summed E-state index contributed by atoms with van der Waals surface area (Å²) in [5, 5.41) is 11.6. The summed E-state index contributed by atoms with van der Waals surface area (Å²) in [6.45, 7) is 5.42. The second-order valence-corrected chi connectivity index (χ2v) is 4.07. The lowest BCUT2D eigenvalue weighted by Gasteiger charge is -2.22. The molecule has 0 unspecified atom stereocenters. The number of hydrogen-bond donors (Lipinski definition) is 3. The Kier molecular flexibility index (Phi) is 5.81. The summed E-state index contributed by atoms with van der Waals surface area (Å²) in [4.78, 5) is 21.7. The molecular weight excluding hydrogens is 239 g/mol. The van der Waals surface area contributed by atoms with Gasteiger partial charge in [-0.05, 0) is 32.1 Å². The van der Waals surface area contributed by atoms with Crippen molar-refractivity contribution >= 4 is 11.9 Å². The number of alkyl halides is 1. The molecule has 0 aromatic heterocycles. The predicted octanol–water partition coefficient (Wildman–Crippen LogP) is 0.890. The second-order valence-electron chi connectivity index (χ2n) is 4.07. The lowest BCUT2D eigenvalue weighted by molar-refractivity contribution is -0.143. The van der Waals surface area contributed by atoms with E-state index in [4.69, 9.17) is 10.8 Å². The smallest absolute Gasteiger partial charge is 0.328 e. The third-order valence-corrected chi connectivity index (χ3v) is 2.14. The highest BCUT2D eigenvalue weighted by atomic mass is 19.1. The topological polar surface area (TPSA) is 92.4 Å². The zero-order chi connectivity index (χ0) is 14.3. The number of amides is 1. The van der Waals surface area contributed by atoms with Crippen LogP contribution in [0.1, 0.15) is 13.8 Å². The Morgan fingerprint density at radius 2 is 2.00 bits per heavy atom. The summed E-state index contributed by atoms with van der Waals surface area (Å²) in [7, 11) is 0. The van der Waals surface area contributed by atoms with E-state index in [1.807, 2.05) is 0 Å². The molecule has 100 valence electrons. The molecule has 0 spiro atoms. The van der Waals surface area contributed by atoms with Gasteiger partial charge in [0.25, 0.3) is 0 Å². The van der Waals surface area contributed by atoms with Crippen molar-refractivity contribution in [1.82, 2.24) is 5.32 Å². The predicted molar refractivity (Wildman–Crippen MR) is 66.4 cm³/mol. The average molecular weight is 256 g/mol. The van der Waals surface area contributed by atoms with Gasteiger partial charge in [-0.2, -0.15) is 0 Å². The Hall–Kier alpha value is -2.11. The molecule has 0 saturated heterocycles. The molecule has 0 bridgehead atoms. The van der Waals surface area contributed by atoms with Crippen LogP contribution >= 0.6 is 0 Å². The fraction of sp³-hybridized carbons (Fsp3) is 0.333. The highest BCUT2D eigenvalue weighted by molar-refractivity contribution is 5.92. The number of carboxylic acids is 1. The van der Waals surface area contributed by atoms with Gasteiger partial charge in [0.2, 0.25) is 5.91 Å². The maximum absolute atomic E-state index is 12.4. The van der Waals surface area contributed by atoms with E-state index in [2.05, 4.69) is 11.9 Å². The molecule has 0 heterocycles. The summed E-state index contributed by atoms with van der Waals surface area (Å²) in [6, 6.07) is 0. The molecule has 1 amide bonds. The van der Waals surface area contributed by atoms with Crippen molar-refractivity contribution in [1.29, 1.82) is 0 Å². The lowest BCUT2D eigenvalue weighted by Crippen LogP contribution is -2.45. The first-order valence-corrected chi connectivity index (χ1v) is 5.15. The summed E-state index contributed by atoms with van der Waals surface area (Å²) in [5.74, 6) is -1.92. The maximum atomic E-state index is 12.4. The van der Waals surface area contributed by atoms with Crippen LogP contribution in [0.25, 0.3) is 0 Å². The first-order valence-electron chi connectivity index (χ1n) is 5.15. The maximum Gasteiger partial charge on any atom is 0.328 e. The molecule has 18 heavy (non-hydrogen) atoms. The van der Waals surface area contributed by atoms with Crippen molar-refractivity contribution in [3.8, 4) is 0 Å². The minimum absolute atomic E-state index is 0.204. The van der Waals surface area contributed by atoms with Crippen LogP contribution in [-0.2, 0) is 9.59 Å². The van der Waals surface area contributed by atoms with Crippen molar-refractivity contribution in [2.24, 2.45) is 5.73 Å². The molecule has 0 rings (SSSR count). The Morgan fingerprint density at radius 1 is 1.44 bits per heavy atom. The fourth-order valence-electron chi connectivity index (χ4n) is 0.958. The minimum Gasteiger partial charge on any atom is -0.480 e. The third kappa shape index (κ3) is 4.82. The van der Waals surface area contributed by atoms with E-state index >= 15 is 0 Å². The summed E-state index contributed by atoms with van der Waals surface area (Å²) in [6.07, 6.45) is 3.89. The van der Waals surface area contributed by atoms with Crippen LogP contribution in [0.5, 0.6) is 0 Å². The van der Waals surface area contributed by atoms with Crippen LogP contribution in [0, 0.1) is 0 Å². The second kappa shape index (κ2) is 6.58. The molecule has 0 fully saturated rings. The van der Waals surface area contributed by atoms with Crippen LogP contribution in [0.4, 0.5) is 4.39 Å². The van der Waals surface area contributed by atoms with Crippen LogP contribution in [-0.4, -0.2) is 29.2 Å². The van der Waals surface area contributed by atoms with E-state index in [1.165, 1.54) is 32.1 Å². The highest BCUT2D eigenvalue weighted by Gasteiger charge is 2.26. The SMILES string of the molecule is C=C/C(=C\C=C(/CF)C(N)=O)NC(C)(C)C(=O)O. The molecule has 5 nitrogen and oxygen atoms in total. The van der Waals surface area contributed by atoms with Crippen LogP contribution < -0.4 is 11.1 Å². The van der Waals surface area contributed by atoms with Gasteiger partial charge in [0.1, 0.15) is 12.2 Å². The highest BCUT2D eigenvalue weighted by Crippen LogP contribution is 2.07. The minimum atomic E-state index is -1.21. The van der Waals surface area contributed by atoms with Crippen LogP contribution in [0.3, 0.4) is 0 Å². The molecule has 4 N–H and O–H groups in total. The quantitative estimate of drug-likeness (QED) is 0.466. The number of primary amides is 1. The fourth-order valence-corrected chi connectivity index (χ4v) is 0.958. The summed E-state index contributed by atoms with van der Waals surface area (Å²) >= 11 is 0. The molecule has 0 aromatic rings. The Balaban J connectivity index is 5.06. The van der Waals surface area contributed by atoms with Gasteiger partial charge in [0, 0.05) is 11.3 Å². The average Bonchev–Trinajstić information content (AvgIpc) is 2.27. The third-order valence-electron chi connectivity index (χ3n) is 2.14. The van der Waals surface area contributed by atoms with E-state index < -0.39 is 24.1 Å². The molecule has 0 atom stereocenters. The van der Waals surface area contributed by atoms with E-state index in [-0.39, 0.29) is 5.57 Å². The number of nitrogens with two attached hydrogens (primary N) is 1. The molecule has 0 aliphatic rings. The van der Waals surface area contributed by atoms with Gasteiger partial charge in [0.15, 0.2) is 0 Å². The van der Waals surface area contributed by atoms with Crippen molar-refractivity contribution in [2.45, 2.75) is 19.4 Å². The van der Waals surface area contributed by atoms with Gasteiger partial charge >= 0.3 is 5.97 Å². The molecule has 0 saturated carbocycles. The Labute approximate surface area is 105 Å². The molecule has 0 aliphatic carbocycles. The number of aliphatic carboxylic acids is 1. The number of carbonyl (C=O) groups is 2. The number of halogens is 1. The lowest BCUT2D eigenvalue weighted by atomic mass is 10.1. The van der Waals surface area contributed by atoms with Gasteiger partial charge in [0.05, 0.1) is 0 Å². The first kappa shape index (κ1) is 15.9. The first-order chi connectivity index (χ1) is 8.24. The molecule has 0 radical (unpaired) electrons. The molecule has 6 heteroatoms. The number of allylic oxidation sites excluding steroid dienone is 3. The Morgan fingerprint density at radius 3 is 2.33 bits per heavy atom. The molecular formula is C12H17FN2O3. The number of carboxylic acid groups (broad SMARTS) is 1. The standard InChI is InChI=1S/C12H17FN2O3/c1-4-9(15-12(2,3)11(17)18)6-5-8(7-13)10(14)16/h4-6,15H,1,7H2,2-3H3,(H2,14,16)(H,17,18)/b8-5+,9-6+. The van der Waals surface area contributed by atoms with Gasteiger partial charge in [-0.3, -0.25) is 4.79 Å². The van der Waals surface area contributed by atoms with Crippen molar-refractivity contribution in [3.05, 3.63) is 36.1 Å². The normalized spacial score (nSPS) is 13.1. The van der Waals surface area contributed by atoms with Crippen LogP contribution in [0.2, 0.25) is 0 Å². The van der Waals surface area contributed by atoms with Crippen molar-refractivity contribution in [2.75, 3.05) is 6.67 Å². The van der Waals surface area contributed by atoms with Crippen molar-refractivity contribution < 1.29 is 19.1 Å². The summed E-state index contributed by atoms with van der Waals surface area (Å²) in [5.41, 5.74) is 3.86. The van der Waals surface area contributed by atoms with Gasteiger partial charge in [-0.1, -0.05) is 6.58 Å². The van der Waals surface area contributed by atoms with Crippen molar-refractivity contribution in [3.63, 3.8) is 0 Å². The van der Waals surface area contributed by atoms with E-state index in [9.17, 15) is 14.0 Å². The van der Waals surface area contributed by atoms with E-state index in [1.54, 1.807) is 0 Å². The van der Waals surface area contributed by atoms with Gasteiger partial charge in [-0.25, -0.2) is 9.18 Å². The zero-order valence-corrected chi connectivity index (χ0v) is 10.4. The number of hydrogen-bond acceptors (Lipinski definition) is 3. The summed E-state index contributed by atoms with van der Waals surface area (Å²) < 4.78 is 12.4. The van der Waals surface area contributed by atoms with Crippen LogP contribution in [0.15, 0.2) is 36.1 Å². The Bertz CT molecular complexity index is 412.